The van der Waals surface area contributed by atoms with E-state index < -0.39 is 10.0 Å². The van der Waals surface area contributed by atoms with Gasteiger partial charge in [-0.25, -0.2) is 8.42 Å². The maximum atomic E-state index is 12.4. The Kier molecular flexibility index (Phi) is 4.80. The lowest BCUT2D eigenvalue weighted by Gasteiger charge is -2.11. The molecule has 0 bridgehead atoms. The third kappa shape index (κ3) is 3.71. The number of nitrogens with one attached hydrogen (secondary N) is 1. The molecule has 0 aromatic heterocycles. The van der Waals surface area contributed by atoms with E-state index in [1.165, 1.54) is 6.07 Å². The van der Waals surface area contributed by atoms with Crippen LogP contribution in [0.15, 0.2) is 52.3 Å². The van der Waals surface area contributed by atoms with Crippen LogP contribution in [0.2, 0.25) is 0 Å². The van der Waals surface area contributed by atoms with Crippen LogP contribution in [-0.2, 0) is 10.0 Å². The van der Waals surface area contributed by atoms with Gasteiger partial charge in [-0.3, -0.25) is 4.72 Å². The Bertz CT molecular complexity index is 742. The molecule has 1 N–H and O–H groups in total. The normalized spacial score (nSPS) is 11.2. The average molecular weight is 323 g/mol. The molecule has 0 saturated carbocycles. The molecule has 0 saturated heterocycles. The lowest BCUT2D eigenvalue weighted by atomic mass is 10.2. The van der Waals surface area contributed by atoms with E-state index in [0.29, 0.717) is 11.4 Å². The van der Waals surface area contributed by atoms with Crippen molar-refractivity contribution in [2.75, 3.05) is 18.1 Å². The fraction of sp³-hybridized carbons (Fsp3) is 0.200. The zero-order valence-electron chi connectivity index (χ0n) is 12.1. The molecule has 2 aromatic rings. The number of rotatable bonds is 5. The van der Waals surface area contributed by atoms with Crippen molar-refractivity contribution in [1.82, 2.24) is 0 Å². The van der Waals surface area contributed by atoms with Gasteiger partial charge in [-0.05, 0) is 55.1 Å². The number of methoxy groups -OCH3 is 1. The molecule has 0 atom stereocenters. The van der Waals surface area contributed by atoms with Crippen LogP contribution >= 0.6 is 11.8 Å². The summed E-state index contributed by atoms with van der Waals surface area (Å²) in [7, 11) is -2.04. The first-order valence-electron chi connectivity index (χ1n) is 6.28. The third-order valence-electron chi connectivity index (χ3n) is 3.00. The first kappa shape index (κ1) is 15.7. The third-order valence-corrected chi connectivity index (χ3v) is 5.10. The van der Waals surface area contributed by atoms with Crippen molar-refractivity contribution >= 4 is 27.5 Å². The number of sulfonamides is 1. The van der Waals surface area contributed by atoms with Gasteiger partial charge in [-0.2, -0.15) is 0 Å². The van der Waals surface area contributed by atoms with Gasteiger partial charge in [0.15, 0.2) is 0 Å². The highest BCUT2D eigenvalue weighted by Crippen LogP contribution is 2.24. The number of ether oxygens (including phenoxy) is 1. The van der Waals surface area contributed by atoms with Crippen molar-refractivity contribution in [2.24, 2.45) is 0 Å². The SMILES string of the molecule is COc1ccc(S(=O)(=O)Nc2cccc(SC)c2)cc1C. The van der Waals surface area contributed by atoms with Crippen molar-refractivity contribution < 1.29 is 13.2 Å². The fourth-order valence-corrected chi connectivity index (χ4v) is 3.51. The standard InChI is InChI=1S/C15H17NO3S2/c1-11-9-14(7-8-15(11)19-2)21(17,18)16-12-5-4-6-13(10-12)20-3/h4-10,16H,1-3H3. The minimum atomic E-state index is -3.60. The van der Waals surface area contributed by atoms with E-state index in [0.717, 1.165) is 10.5 Å². The lowest BCUT2D eigenvalue weighted by molar-refractivity contribution is 0.411. The predicted molar refractivity (Wildman–Crippen MR) is 86.8 cm³/mol. The van der Waals surface area contributed by atoms with Gasteiger partial charge in [0.25, 0.3) is 10.0 Å². The van der Waals surface area contributed by atoms with E-state index in [1.807, 2.05) is 25.3 Å². The topological polar surface area (TPSA) is 55.4 Å². The molecule has 4 nitrogen and oxygen atoms in total. The Morgan fingerprint density at radius 2 is 1.90 bits per heavy atom. The average Bonchev–Trinajstić information content (AvgIpc) is 2.47. The van der Waals surface area contributed by atoms with Gasteiger partial charge >= 0.3 is 0 Å². The van der Waals surface area contributed by atoms with Crippen molar-refractivity contribution in [1.29, 1.82) is 0 Å². The van der Waals surface area contributed by atoms with Crippen molar-refractivity contribution in [3.05, 3.63) is 48.0 Å². The number of thioether (sulfide) groups is 1. The van der Waals surface area contributed by atoms with E-state index in [-0.39, 0.29) is 4.90 Å². The molecule has 112 valence electrons. The minimum Gasteiger partial charge on any atom is -0.496 e. The summed E-state index contributed by atoms with van der Waals surface area (Å²) in [5.41, 5.74) is 1.33. The van der Waals surface area contributed by atoms with Crippen LogP contribution in [-0.4, -0.2) is 21.8 Å². The van der Waals surface area contributed by atoms with Crippen LogP contribution in [0, 0.1) is 6.92 Å². The van der Waals surface area contributed by atoms with Crippen molar-refractivity contribution in [3.8, 4) is 5.75 Å². The molecule has 2 aromatic carbocycles. The number of hydrogen-bond acceptors (Lipinski definition) is 4. The molecule has 0 aliphatic heterocycles. The van der Waals surface area contributed by atoms with Gasteiger partial charge in [0.05, 0.1) is 12.0 Å². The molecule has 0 spiro atoms. The molecule has 0 amide bonds. The molecule has 0 unspecified atom stereocenters. The second-order valence-corrected chi connectivity index (χ2v) is 7.03. The zero-order valence-corrected chi connectivity index (χ0v) is 13.7. The molecule has 2 rings (SSSR count). The van der Waals surface area contributed by atoms with Crippen LogP contribution < -0.4 is 9.46 Å². The molecule has 0 aliphatic carbocycles. The second-order valence-electron chi connectivity index (χ2n) is 4.47. The molecular weight excluding hydrogens is 306 g/mol. The summed E-state index contributed by atoms with van der Waals surface area (Å²) in [4.78, 5) is 1.22. The summed E-state index contributed by atoms with van der Waals surface area (Å²) in [6, 6.07) is 12.1. The fourth-order valence-electron chi connectivity index (χ4n) is 1.92. The first-order chi connectivity index (χ1) is 9.96. The molecular formula is C15H17NO3S2. The first-order valence-corrected chi connectivity index (χ1v) is 8.98. The van der Waals surface area contributed by atoms with Gasteiger partial charge in [-0.15, -0.1) is 11.8 Å². The molecule has 0 radical (unpaired) electrons. The van der Waals surface area contributed by atoms with Crippen molar-refractivity contribution in [2.45, 2.75) is 16.7 Å². The smallest absolute Gasteiger partial charge is 0.261 e. The monoisotopic (exact) mass is 323 g/mol. The summed E-state index contributed by atoms with van der Waals surface area (Å²) >= 11 is 1.56. The van der Waals surface area contributed by atoms with Crippen molar-refractivity contribution in [3.63, 3.8) is 0 Å². The van der Waals surface area contributed by atoms with E-state index in [1.54, 1.807) is 43.1 Å². The van der Waals surface area contributed by atoms with Gasteiger partial charge in [0.2, 0.25) is 0 Å². The summed E-state index contributed by atoms with van der Waals surface area (Å²) in [5.74, 6) is 0.665. The lowest BCUT2D eigenvalue weighted by Crippen LogP contribution is -2.13. The van der Waals surface area contributed by atoms with Gasteiger partial charge in [-0.1, -0.05) is 6.07 Å². The summed E-state index contributed by atoms with van der Waals surface area (Å²) < 4.78 is 32.5. The predicted octanol–water partition coefficient (Wildman–Crippen LogP) is 3.53. The Hall–Kier alpha value is -1.66. The molecule has 0 aliphatic rings. The van der Waals surface area contributed by atoms with Crippen LogP contribution in [0.4, 0.5) is 5.69 Å². The maximum Gasteiger partial charge on any atom is 0.261 e. The van der Waals surface area contributed by atoms with E-state index in [9.17, 15) is 8.42 Å². The number of anilines is 1. The van der Waals surface area contributed by atoms with Crippen LogP contribution in [0.5, 0.6) is 5.75 Å². The Balaban J connectivity index is 2.31. The van der Waals surface area contributed by atoms with E-state index in [2.05, 4.69) is 4.72 Å². The van der Waals surface area contributed by atoms with Crippen LogP contribution in [0.1, 0.15) is 5.56 Å². The highest BCUT2D eigenvalue weighted by Gasteiger charge is 2.15. The number of benzene rings is 2. The summed E-state index contributed by atoms with van der Waals surface area (Å²) in [5, 5.41) is 0. The Labute approximate surface area is 129 Å². The van der Waals surface area contributed by atoms with Crippen LogP contribution in [0.3, 0.4) is 0 Å². The Morgan fingerprint density at radius 3 is 2.52 bits per heavy atom. The van der Waals surface area contributed by atoms with Gasteiger partial charge in [0, 0.05) is 10.6 Å². The summed E-state index contributed by atoms with van der Waals surface area (Å²) in [6.45, 7) is 1.81. The molecule has 21 heavy (non-hydrogen) atoms. The largest absolute Gasteiger partial charge is 0.496 e. The number of aryl methyl sites for hydroxylation is 1. The maximum absolute atomic E-state index is 12.4. The zero-order chi connectivity index (χ0) is 15.5. The van der Waals surface area contributed by atoms with Gasteiger partial charge in [0.1, 0.15) is 5.75 Å². The Morgan fingerprint density at radius 1 is 1.14 bits per heavy atom. The molecule has 6 heteroatoms. The summed E-state index contributed by atoms with van der Waals surface area (Å²) in [6.07, 6.45) is 1.94. The highest BCUT2D eigenvalue weighted by atomic mass is 32.2. The van der Waals surface area contributed by atoms with Gasteiger partial charge < -0.3 is 4.74 Å². The van der Waals surface area contributed by atoms with Crippen LogP contribution in [0.25, 0.3) is 0 Å². The molecule has 0 fully saturated rings. The minimum absolute atomic E-state index is 0.218. The number of hydrogen-bond donors (Lipinski definition) is 1. The van der Waals surface area contributed by atoms with E-state index >= 15 is 0 Å². The molecule has 0 heterocycles. The highest BCUT2D eigenvalue weighted by molar-refractivity contribution is 7.98. The second kappa shape index (κ2) is 6.41. The quantitative estimate of drug-likeness (QED) is 0.855. The van der Waals surface area contributed by atoms with E-state index in [4.69, 9.17) is 4.74 Å².